The molecule has 0 radical (unpaired) electrons. The van der Waals surface area contributed by atoms with Crippen LogP contribution in [0.3, 0.4) is 0 Å². The molecule has 7 heteroatoms. The Balaban J connectivity index is 1.81. The summed E-state index contributed by atoms with van der Waals surface area (Å²) in [4.78, 5) is 27.5. The van der Waals surface area contributed by atoms with Crippen LogP contribution in [-0.2, 0) is 13.0 Å². The second-order valence-corrected chi connectivity index (χ2v) is 6.74. The summed E-state index contributed by atoms with van der Waals surface area (Å²) in [5.41, 5.74) is 7.68. The van der Waals surface area contributed by atoms with Crippen molar-refractivity contribution >= 4 is 34.0 Å². The number of nitrogens with two attached hydrogens (primary N) is 1. The van der Waals surface area contributed by atoms with Crippen molar-refractivity contribution in [2.75, 3.05) is 23.7 Å². The highest BCUT2D eigenvalue weighted by Gasteiger charge is 2.27. The number of nitrogens with zero attached hydrogens (tertiary/aromatic N) is 1. The Kier molecular flexibility index (Phi) is 4.82. The van der Waals surface area contributed by atoms with Gasteiger partial charge < -0.3 is 11.1 Å². The van der Waals surface area contributed by atoms with E-state index in [1.807, 2.05) is 18.2 Å². The smallest absolute Gasteiger partial charge is 0.324 e. The predicted octanol–water partition coefficient (Wildman–Crippen LogP) is 2.87. The molecule has 1 aromatic carbocycles. The molecule has 0 atom stereocenters. The zero-order valence-corrected chi connectivity index (χ0v) is 14.3. The van der Waals surface area contributed by atoms with Crippen molar-refractivity contribution in [3.8, 4) is 0 Å². The summed E-state index contributed by atoms with van der Waals surface area (Å²) in [5, 5.41) is 6.06. The second kappa shape index (κ2) is 7.02. The summed E-state index contributed by atoms with van der Waals surface area (Å²) >= 11 is 1.43. The molecule has 3 rings (SSSR count). The number of rotatable bonds is 4. The number of thiophene rings is 1. The number of nitrogens with one attached hydrogen (secondary N) is 2. The van der Waals surface area contributed by atoms with Crippen LogP contribution in [0.1, 0.15) is 27.7 Å². The van der Waals surface area contributed by atoms with E-state index in [4.69, 9.17) is 5.73 Å². The van der Waals surface area contributed by atoms with Gasteiger partial charge in [-0.15, -0.1) is 11.3 Å². The Bertz CT molecular complexity index is 757. The summed E-state index contributed by atoms with van der Waals surface area (Å²) < 4.78 is 0. The molecule has 1 aliphatic rings. The van der Waals surface area contributed by atoms with Crippen LogP contribution in [-0.4, -0.2) is 29.9 Å². The molecule has 4 N–H and O–H groups in total. The van der Waals surface area contributed by atoms with Gasteiger partial charge in [-0.3, -0.25) is 15.0 Å². The molecule has 126 valence electrons. The zero-order valence-electron chi connectivity index (χ0n) is 13.5. The molecule has 0 saturated heterocycles. The molecule has 2 aromatic rings. The Morgan fingerprint density at radius 2 is 2.00 bits per heavy atom. The lowest BCUT2D eigenvalue weighted by Gasteiger charge is -2.25. The number of anilines is 2. The fourth-order valence-corrected chi connectivity index (χ4v) is 4.15. The number of likely N-dealkylation sites (N-methyl/N-ethyl adjacent to an activating group) is 1. The maximum absolute atomic E-state index is 12.2. The lowest BCUT2D eigenvalue weighted by molar-refractivity contribution is 0.1000. The Labute approximate surface area is 144 Å². The standard InChI is InChI=1S/C17H20N4O2S/c1-2-21-9-8-12-13(10-21)24-16(14(12)15(18)22)20-17(23)19-11-6-4-3-5-7-11/h3-7H,2,8-10H2,1H3,(H2,18,22)(H2,19,20,23). The van der Waals surface area contributed by atoms with Gasteiger partial charge in [0.1, 0.15) is 5.00 Å². The zero-order chi connectivity index (χ0) is 17.1. The monoisotopic (exact) mass is 344 g/mol. The minimum absolute atomic E-state index is 0.380. The van der Waals surface area contributed by atoms with Crippen molar-refractivity contribution in [1.82, 2.24) is 4.90 Å². The largest absolute Gasteiger partial charge is 0.365 e. The molecule has 6 nitrogen and oxygen atoms in total. The molecule has 0 saturated carbocycles. The molecular weight excluding hydrogens is 324 g/mol. The third-order valence-corrected chi connectivity index (χ3v) is 5.22. The molecular formula is C17H20N4O2S. The number of para-hydroxylation sites is 1. The fourth-order valence-electron chi connectivity index (χ4n) is 2.86. The van der Waals surface area contributed by atoms with E-state index < -0.39 is 5.91 Å². The average molecular weight is 344 g/mol. The number of primary amides is 1. The molecule has 0 aliphatic carbocycles. The van der Waals surface area contributed by atoms with E-state index in [1.54, 1.807) is 12.1 Å². The van der Waals surface area contributed by atoms with Crippen LogP contribution in [0.2, 0.25) is 0 Å². The van der Waals surface area contributed by atoms with E-state index in [2.05, 4.69) is 22.5 Å². The van der Waals surface area contributed by atoms with E-state index in [0.717, 1.165) is 36.5 Å². The first-order valence-corrected chi connectivity index (χ1v) is 8.70. The van der Waals surface area contributed by atoms with Crippen LogP contribution in [0.5, 0.6) is 0 Å². The topological polar surface area (TPSA) is 87.5 Å². The summed E-state index contributed by atoms with van der Waals surface area (Å²) in [6, 6.07) is 8.78. The van der Waals surface area contributed by atoms with E-state index in [9.17, 15) is 9.59 Å². The molecule has 1 aliphatic heterocycles. The van der Waals surface area contributed by atoms with Gasteiger partial charge in [-0.2, -0.15) is 0 Å². The van der Waals surface area contributed by atoms with Gasteiger partial charge in [0.05, 0.1) is 5.56 Å². The summed E-state index contributed by atoms with van der Waals surface area (Å²) in [5.74, 6) is -0.493. The predicted molar refractivity (Wildman–Crippen MR) is 96.6 cm³/mol. The fraction of sp³-hybridized carbons (Fsp3) is 0.294. The van der Waals surface area contributed by atoms with E-state index in [0.29, 0.717) is 16.3 Å². The van der Waals surface area contributed by atoms with Crippen LogP contribution >= 0.6 is 11.3 Å². The van der Waals surface area contributed by atoms with Crippen LogP contribution in [0.15, 0.2) is 30.3 Å². The van der Waals surface area contributed by atoms with Crippen molar-refractivity contribution in [3.63, 3.8) is 0 Å². The molecule has 24 heavy (non-hydrogen) atoms. The van der Waals surface area contributed by atoms with Crippen LogP contribution in [0.4, 0.5) is 15.5 Å². The number of hydrogen-bond donors (Lipinski definition) is 3. The highest BCUT2D eigenvalue weighted by atomic mass is 32.1. The maximum Gasteiger partial charge on any atom is 0.324 e. The quantitative estimate of drug-likeness (QED) is 0.797. The van der Waals surface area contributed by atoms with Gasteiger partial charge in [-0.25, -0.2) is 4.79 Å². The van der Waals surface area contributed by atoms with Crippen molar-refractivity contribution in [2.45, 2.75) is 19.9 Å². The van der Waals surface area contributed by atoms with Gasteiger partial charge in [0, 0.05) is 23.7 Å². The molecule has 0 spiro atoms. The van der Waals surface area contributed by atoms with Gasteiger partial charge in [0.25, 0.3) is 5.91 Å². The molecule has 3 amide bonds. The number of hydrogen-bond acceptors (Lipinski definition) is 4. The second-order valence-electron chi connectivity index (χ2n) is 5.64. The first kappa shape index (κ1) is 16.5. The number of benzene rings is 1. The Morgan fingerprint density at radius 3 is 2.67 bits per heavy atom. The number of urea groups is 1. The lowest BCUT2D eigenvalue weighted by Crippen LogP contribution is -2.30. The van der Waals surface area contributed by atoms with Crippen molar-refractivity contribution in [3.05, 3.63) is 46.3 Å². The Hall–Kier alpha value is -2.38. The van der Waals surface area contributed by atoms with E-state index in [1.165, 1.54) is 11.3 Å². The molecule has 0 bridgehead atoms. The van der Waals surface area contributed by atoms with Gasteiger partial charge in [0.2, 0.25) is 0 Å². The highest BCUT2D eigenvalue weighted by molar-refractivity contribution is 7.17. The third kappa shape index (κ3) is 3.42. The molecule has 0 fully saturated rings. The Morgan fingerprint density at radius 1 is 1.25 bits per heavy atom. The van der Waals surface area contributed by atoms with Crippen molar-refractivity contribution in [2.24, 2.45) is 5.73 Å². The number of carbonyl (C=O) groups excluding carboxylic acids is 2. The minimum Gasteiger partial charge on any atom is -0.365 e. The van der Waals surface area contributed by atoms with Gasteiger partial charge >= 0.3 is 6.03 Å². The van der Waals surface area contributed by atoms with Gasteiger partial charge in [-0.05, 0) is 30.7 Å². The summed E-state index contributed by atoms with van der Waals surface area (Å²) in [6.07, 6.45) is 0.778. The van der Waals surface area contributed by atoms with Crippen LogP contribution < -0.4 is 16.4 Å². The maximum atomic E-state index is 12.2. The van der Waals surface area contributed by atoms with Crippen molar-refractivity contribution < 1.29 is 9.59 Å². The number of carbonyl (C=O) groups is 2. The van der Waals surface area contributed by atoms with E-state index >= 15 is 0 Å². The lowest BCUT2D eigenvalue weighted by atomic mass is 10.0. The third-order valence-electron chi connectivity index (χ3n) is 4.09. The minimum atomic E-state index is -0.493. The summed E-state index contributed by atoms with van der Waals surface area (Å²) in [7, 11) is 0. The van der Waals surface area contributed by atoms with Crippen LogP contribution in [0.25, 0.3) is 0 Å². The summed E-state index contributed by atoms with van der Waals surface area (Å²) in [6.45, 7) is 4.76. The normalized spacial score (nSPS) is 14.0. The first-order chi connectivity index (χ1) is 11.6. The van der Waals surface area contributed by atoms with Crippen molar-refractivity contribution in [1.29, 1.82) is 0 Å². The van der Waals surface area contributed by atoms with Gasteiger partial charge in [0.15, 0.2) is 0 Å². The molecule has 1 aromatic heterocycles. The van der Waals surface area contributed by atoms with Crippen LogP contribution in [0, 0.1) is 0 Å². The SMILES string of the molecule is CCN1CCc2c(sc(NC(=O)Nc3ccccc3)c2C(N)=O)C1. The average Bonchev–Trinajstić information content (AvgIpc) is 2.92. The number of amides is 3. The number of fused-ring (bicyclic) bond motifs is 1. The molecule has 2 heterocycles. The molecule has 0 unspecified atom stereocenters. The van der Waals surface area contributed by atoms with Gasteiger partial charge in [-0.1, -0.05) is 25.1 Å². The highest BCUT2D eigenvalue weighted by Crippen LogP contribution is 2.36. The first-order valence-electron chi connectivity index (χ1n) is 7.88. The van der Waals surface area contributed by atoms with E-state index in [-0.39, 0.29) is 6.03 Å².